The first-order valence-corrected chi connectivity index (χ1v) is 10.2. The summed E-state index contributed by atoms with van der Waals surface area (Å²) in [7, 11) is 0. The Hall–Kier alpha value is -0.670. The first-order valence-electron chi connectivity index (χ1n) is 10.2. The Morgan fingerprint density at radius 1 is 1.24 bits per heavy atom. The Morgan fingerprint density at radius 3 is 2.68 bits per heavy atom. The van der Waals surface area contributed by atoms with Gasteiger partial charge in [-0.2, -0.15) is 0 Å². The lowest BCUT2D eigenvalue weighted by molar-refractivity contribution is -0.0431. The van der Waals surface area contributed by atoms with Gasteiger partial charge in [-0.1, -0.05) is 32.4 Å². The van der Waals surface area contributed by atoms with Gasteiger partial charge in [-0.05, 0) is 85.0 Å². The normalized spacial score (nSPS) is 51.3. The number of hydrogen-bond donors (Lipinski definition) is 2. The molecule has 0 heterocycles. The number of allylic oxidation sites excluding steroid dienone is 2. The molecule has 2 N–H and O–H groups in total. The van der Waals surface area contributed by atoms with Crippen LogP contribution in [-0.2, 0) is 0 Å². The van der Waals surface area contributed by atoms with E-state index in [1.807, 2.05) is 0 Å². The molecule has 0 unspecified atom stereocenters. The maximum Gasteiger partial charge on any atom is 0.125 e. The zero-order valence-corrected chi connectivity index (χ0v) is 15.9. The third kappa shape index (κ3) is 2.41. The number of aliphatic hydroxyl groups excluding tert-OH is 2. The van der Waals surface area contributed by atoms with Gasteiger partial charge in [0.25, 0.3) is 0 Å². The van der Waals surface area contributed by atoms with Gasteiger partial charge in [-0.3, -0.25) is 0 Å². The molecule has 3 fully saturated rings. The lowest BCUT2D eigenvalue weighted by Crippen LogP contribution is -2.51. The summed E-state index contributed by atoms with van der Waals surface area (Å²) in [6, 6.07) is 0. The van der Waals surface area contributed by atoms with Gasteiger partial charge in [-0.25, -0.2) is 4.39 Å². The predicted octanol–water partition coefficient (Wildman–Crippen LogP) is 4.77. The van der Waals surface area contributed by atoms with E-state index in [1.165, 1.54) is 5.57 Å². The average Bonchev–Trinajstić information content (AvgIpc) is 2.93. The van der Waals surface area contributed by atoms with Gasteiger partial charge in [0, 0.05) is 0 Å². The molecule has 2 nitrogen and oxygen atoms in total. The fraction of sp³-hybridized carbons (Fsp3) is 0.818. The zero-order chi connectivity index (χ0) is 18.0. The van der Waals surface area contributed by atoms with E-state index in [0.717, 1.165) is 50.5 Å². The van der Waals surface area contributed by atoms with Gasteiger partial charge in [0.1, 0.15) is 5.83 Å². The van der Waals surface area contributed by atoms with Crippen molar-refractivity contribution >= 4 is 0 Å². The fourth-order valence-corrected chi connectivity index (χ4v) is 7.34. The van der Waals surface area contributed by atoms with E-state index in [4.69, 9.17) is 0 Å². The molecule has 25 heavy (non-hydrogen) atoms. The molecule has 0 aromatic heterocycles. The Bertz CT molecular complexity index is 624. The first-order chi connectivity index (χ1) is 11.8. The zero-order valence-electron chi connectivity index (χ0n) is 15.9. The highest BCUT2D eigenvalue weighted by atomic mass is 19.1. The number of hydrogen-bond acceptors (Lipinski definition) is 2. The maximum absolute atomic E-state index is 14.3. The molecule has 0 aromatic rings. The Morgan fingerprint density at radius 2 is 1.96 bits per heavy atom. The smallest absolute Gasteiger partial charge is 0.125 e. The molecule has 4 aliphatic rings. The summed E-state index contributed by atoms with van der Waals surface area (Å²) in [6.07, 6.45) is 9.32. The van der Waals surface area contributed by atoms with E-state index >= 15 is 0 Å². The minimum Gasteiger partial charge on any atom is -0.393 e. The van der Waals surface area contributed by atoms with Crippen LogP contribution in [0.15, 0.2) is 23.0 Å². The summed E-state index contributed by atoms with van der Waals surface area (Å²) in [5.74, 6) is 1.92. The molecule has 0 bridgehead atoms. The summed E-state index contributed by atoms with van der Waals surface area (Å²) < 4.78 is 14.3. The molecule has 140 valence electrons. The monoisotopic (exact) mass is 348 g/mol. The second kappa shape index (κ2) is 5.92. The highest BCUT2D eigenvalue weighted by molar-refractivity contribution is 5.30. The number of fused-ring (bicyclic) bond motifs is 5. The van der Waals surface area contributed by atoms with Crippen molar-refractivity contribution < 1.29 is 14.6 Å². The van der Waals surface area contributed by atoms with Crippen LogP contribution in [0, 0.1) is 34.5 Å². The third-order valence-corrected chi connectivity index (χ3v) is 8.71. The van der Waals surface area contributed by atoms with E-state index in [1.54, 1.807) is 0 Å². The molecular formula is C22H33FO2. The molecule has 0 aromatic carbocycles. The molecular weight excluding hydrogens is 315 g/mol. The van der Waals surface area contributed by atoms with Crippen LogP contribution in [0.25, 0.3) is 0 Å². The van der Waals surface area contributed by atoms with Crippen LogP contribution in [0.3, 0.4) is 0 Å². The second-order valence-corrected chi connectivity index (χ2v) is 9.75. The van der Waals surface area contributed by atoms with Crippen molar-refractivity contribution in [2.24, 2.45) is 34.5 Å². The lowest BCUT2D eigenvalue weighted by Gasteiger charge is -2.58. The molecule has 7 atom stereocenters. The number of aliphatic hydroxyl groups is 2. The highest BCUT2D eigenvalue weighted by Crippen LogP contribution is 2.66. The van der Waals surface area contributed by atoms with Crippen LogP contribution in [-0.4, -0.2) is 22.9 Å². The molecule has 0 spiro atoms. The van der Waals surface area contributed by atoms with Gasteiger partial charge < -0.3 is 10.2 Å². The van der Waals surface area contributed by atoms with Crippen molar-refractivity contribution in [1.29, 1.82) is 0 Å². The van der Waals surface area contributed by atoms with Gasteiger partial charge in [0.15, 0.2) is 0 Å². The predicted molar refractivity (Wildman–Crippen MR) is 97.5 cm³/mol. The summed E-state index contributed by atoms with van der Waals surface area (Å²) >= 11 is 0. The standard InChI is InChI=1S/C22H33FO2/c1-13-11-22(3)14(10-20(13)25)4-5-15-16-6-7-18(19(23)12-24)21(16,2)9-8-17(15)22/h4,13,15-17,20,24-25H,5-12H2,1-3H3/t13-,15+,16+,17+,20-,21+,22+/m1/s1. The van der Waals surface area contributed by atoms with Crippen molar-refractivity contribution in [1.82, 2.24) is 0 Å². The minimum atomic E-state index is -0.442. The Kier molecular flexibility index (Phi) is 4.20. The summed E-state index contributed by atoms with van der Waals surface area (Å²) in [6.45, 7) is 6.43. The van der Waals surface area contributed by atoms with E-state index < -0.39 is 6.61 Å². The molecule has 0 amide bonds. The van der Waals surface area contributed by atoms with Crippen LogP contribution in [0.4, 0.5) is 4.39 Å². The third-order valence-electron chi connectivity index (χ3n) is 8.71. The van der Waals surface area contributed by atoms with E-state index in [-0.39, 0.29) is 22.8 Å². The van der Waals surface area contributed by atoms with Crippen molar-refractivity contribution in [2.75, 3.05) is 6.61 Å². The Balaban J connectivity index is 1.68. The van der Waals surface area contributed by atoms with Crippen LogP contribution in [0.5, 0.6) is 0 Å². The molecule has 0 radical (unpaired) electrons. The van der Waals surface area contributed by atoms with Crippen molar-refractivity contribution in [3.05, 3.63) is 23.0 Å². The van der Waals surface area contributed by atoms with Crippen molar-refractivity contribution in [2.45, 2.75) is 71.8 Å². The van der Waals surface area contributed by atoms with E-state index in [2.05, 4.69) is 26.8 Å². The Labute approximate surface area is 151 Å². The topological polar surface area (TPSA) is 40.5 Å². The van der Waals surface area contributed by atoms with Gasteiger partial charge in [-0.15, -0.1) is 0 Å². The van der Waals surface area contributed by atoms with Crippen molar-refractivity contribution in [3.63, 3.8) is 0 Å². The van der Waals surface area contributed by atoms with E-state index in [0.29, 0.717) is 23.7 Å². The number of rotatable bonds is 1. The van der Waals surface area contributed by atoms with Crippen molar-refractivity contribution in [3.8, 4) is 0 Å². The maximum atomic E-state index is 14.3. The second-order valence-electron chi connectivity index (χ2n) is 9.75. The molecule has 3 heteroatoms. The number of halogens is 1. The highest BCUT2D eigenvalue weighted by Gasteiger charge is 2.58. The van der Waals surface area contributed by atoms with Crippen LogP contribution >= 0.6 is 0 Å². The summed E-state index contributed by atoms with van der Waals surface area (Å²) in [5, 5.41) is 19.6. The largest absolute Gasteiger partial charge is 0.393 e. The first kappa shape index (κ1) is 17.7. The molecule has 4 rings (SSSR count). The van der Waals surface area contributed by atoms with Gasteiger partial charge in [0.2, 0.25) is 0 Å². The van der Waals surface area contributed by atoms with Gasteiger partial charge in [0.05, 0.1) is 12.7 Å². The van der Waals surface area contributed by atoms with E-state index in [9.17, 15) is 14.6 Å². The summed E-state index contributed by atoms with van der Waals surface area (Å²) in [5.41, 5.74) is 2.55. The van der Waals surface area contributed by atoms with Crippen LogP contribution in [0.1, 0.15) is 65.7 Å². The molecule has 0 saturated heterocycles. The molecule has 0 aliphatic heterocycles. The summed E-state index contributed by atoms with van der Waals surface area (Å²) in [4.78, 5) is 0. The van der Waals surface area contributed by atoms with Crippen LogP contribution < -0.4 is 0 Å². The average molecular weight is 349 g/mol. The fourth-order valence-electron chi connectivity index (χ4n) is 7.34. The lowest BCUT2D eigenvalue weighted by atomic mass is 9.47. The molecule has 4 aliphatic carbocycles. The van der Waals surface area contributed by atoms with Gasteiger partial charge >= 0.3 is 0 Å². The van der Waals surface area contributed by atoms with Crippen LogP contribution in [0.2, 0.25) is 0 Å². The quantitative estimate of drug-likeness (QED) is 0.670. The SMILES string of the molecule is C[C@@H]1C[C@@]2(C)C(=CC[C@@H]3[C@@H]2CC[C@]2(C)C(=C(F)CO)CC[C@@H]32)C[C@H]1O. The molecule has 3 saturated carbocycles. The minimum absolute atomic E-state index is 0.0600.